The lowest BCUT2D eigenvalue weighted by molar-refractivity contribution is 1.68. The number of hydrogen-bond donors (Lipinski definition) is 0. The third-order valence-corrected chi connectivity index (χ3v) is 1.23. The van der Waals surface area contributed by atoms with E-state index < -0.39 is 0 Å². The first-order valence-corrected chi connectivity index (χ1v) is 3.29. The van der Waals surface area contributed by atoms with Crippen LogP contribution in [0.1, 0.15) is 6.92 Å². The predicted octanol–water partition coefficient (Wildman–Crippen LogP) is 2.12. The average Bonchev–Trinajstić information content (AvgIpc) is 1.91. The van der Waals surface area contributed by atoms with E-state index in [1.807, 2.05) is 13.0 Å². The lowest BCUT2D eigenvalue weighted by atomic mass is 9.72. The topological polar surface area (TPSA) is 0 Å². The maximum absolute atomic E-state index is 3.59. The van der Waals surface area contributed by atoms with Crippen LogP contribution in [-0.4, -0.2) is 7.28 Å². The fraction of sp³-hybridized carbons (Fsp3) is 0.250. The largest absolute Gasteiger partial charge is 0.154 e. The molecule has 48 valence electrons. The van der Waals surface area contributed by atoms with Crippen molar-refractivity contribution in [3.63, 3.8) is 0 Å². The van der Waals surface area contributed by atoms with Gasteiger partial charge < -0.3 is 0 Å². The van der Waals surface area contributed by atoms with E-state index >= 15 is 0 Å². The second-order valence-corrected chi connectivity index (χ2v) is 1.81. The first-order chi connectivity index (χ1) is 4.35. The summed E-state index contributed by atoms with van der Waals surface area (Å²) in [6.45, 7) is 7.78. The van der Waals surface area contributed by atoms with E-state index in [-0.39, 0.29) is 0 Å². The molecule has 0 radical (unpaired) electrons. The summed E-state index contributed by atoms with van der Waals surface area (Å²) >= 11 is 0. The Hall–Kier alpha value is -0.715. The summed E-state index contributed by atoms with van der Waals surface area (Å²) in [5.41, 5.74) is 1.36. The number of rotatable bonds is 3. The molecule has 0 unspecified atom stereocenters. The standard InChI is InChI=1S/C8H13B/c1-4-6-7-8(5-2)9-3/h4-7,9H,1H2,2-3H3/b7-6-,8-5+. The summed E-state index contributed by atoms with van der Waals surface area (Å²) in [4.78, 5) is 0. The molecule has 0 aromatic rings. The van der Waals surface area contributed by atoms with Gasteiger partial charge in [0, 0.05) is 0 Å². The highest BCUT2D eigenvalue weighted by Gasteiger charge is 1.82. The van der Waals surface area contributed by atoms with Gasteiger partial charge in [0.1, 0.15) is 0 Å². The minimum absolute atomic E-state index is 1.10. The van der Waals surface area contributed by atoms with Crippen molar-refractivity contribution < 1.29 is 0 Å². The summed E-state index contributed by atoms with van der Waals surface area (Å²) in [6.07, 6.45) is 7.94. The highest BCUT2D eigenvalue weighted by molar-refractivity contribution is 6.44. The lowest BCUT2D eigenvalue weighted by Crippen LogP contribution is -1.83. The maximum atomic E-state index is 3.59. The summed E-state index contributed by atoms with van der Waals surface area (Å²) < 4.78 is 0. The quantitative estimate of drug-likeness (QED) is 0.395. The van der Waals surface area contributed by atoms with Crippen LogP contribution < -0.4 is 0 Å². The molecule has 0 amide bonds. The zero-order valence-electron chi connectivity index (χ0n) is 6.22. The molecule has 0 rings (SSSR count). The number of hydrogen-bond acceptors (Lipinski definition) is 0. The van der Waals surface area contributed by atoms with Crippen molar-refractivity contribution >= 4 is 7.28 Å². The Bertz CT molecular complexity index is 132. The Morgan fingerprint density at radius 1 is 1.56 bits per heavy atom. The molecule has 0 aliphatic heterocycles. The molecule has 0 N–H and O–H groups in total. The summed E-state index contributed by atoms with van der Waals surface area (Å²) in [7, 11) is 1.10. The van der Waals surface area contributed by atoms with E-state index in [4.69, 9.17) is 0 Å². The van der Waals surface area contributed by atoms with Crippen LogP contribution in [0, 0.1) is 0 Å². The van der Waals surface area contributed by atoms with E-state index in [9.17, 15) is 0 Å². The predicted molar refractivity (Wildman–Crippen MR) is 46.1 cm³/mol. The van der Waals surface area contributed by atoms with Crippen LogP contribution in [-0.2, 0) is 0 Å². The molecule has 0 heterocycles. The van der Waals surface area contributed by atoms with Crippen molar-refractivity contribution in [2.45, 2.75) is 13.7 Å². The van der Waals surface area contributed by atoms with Crippen LogP contribution in [0.25, 0.3) is 0 Å². The Balaban J connectivity index is 3.84. The Morgan fingerprint density at radius 2 is 2.22 bits per heavy atom. The van der Waals surface area contributed by atoms with Crippen molar-refractivity contribution in [1.29, 1.82) is 0 Å². The van der Waals surface area contributed by atoms with Gasteiger partial charge in [-0.1, -0.05) is 43.2 Å². The zero-order valence-corrected chi connectivity index (χ0v) is 6.22. The maximum Gasteiger partial charge on any atom is 0.154 e. The molecule has 0 saturated heterocycles. The Morgan fingerprint density at radius 3 is 2.56 bits per heavy atom. The average molecular weight is 120 g/mol. The third-order valence-electron chi connectivity index (χ3n) is 1.23. The summed E-state index contributed by atoms with van der Waals surface area (Å²) in [6, 6.07) is 0. The van der Waals surface area contributed by atoms with Gasteiger partial charge in [0.15, 0.2) is 7.28 Å². The van der Waals surface area contributed by atoms with E-state index in [1.54, 1.807) is 6.08 Å². The summed E-state index contributed by atoms with van der Waals surface area (Å²) in [5.74, 6) is 0. The van der Waals surface area contributed by atoms with E-state index in [0.717, 1.165) is 7.28 Å². The fourth-order valence-electron chi connectivity index (χ4n) is 0.610. The molecule has 0 spiro atoms. The van der Waals surface area contributed by atoms with Crippen LogP contribution in [0.2, 0.25) is 6.82 Å². The smallest absolute Gasteiger partial charge is 0.0991 e. The fourth-order valence-corrected chi connectivity index (χ4v) is 0.610. The molecule has 0 atom stereocenters. The molecule has 0 saturated carbocycles. The molecule has 0 bridgehead atoms. The Labute approximate surface area is 58.2 Å². The molecular weight excluding hydrogens is 107 g/mol. The first-order valence-electron chi connectivity index (χ1n) is 3.29. The van der Waals surface area contributed by atoms with Crippen molar-refractivity contribution in [3.8, 4) is 0 Å². The van der Waals surface area contributed by atoms with Gasteiger partial charge in [0.05, 0.1) is 0 Å². The van der Waals surface area contributed by atoms with Gasteiger partial charge in [0.2, 0.25) is 0 Å². The monoisotopic (exact) mass is 120 g/mol. The van der Waals surface area contributed by atoms with Crippen molar-refractivity contribution in [3.05, 3.63) is 36.4 Å². The van der Waals surface area contributed by atoms with Crippen LogP contribution in [0.15, 0.2) is 36.4 Å². The number of allylic oxidation sites excluding steroid dienone is 5. The van der Waals surface area contributed by atoms with Crippen LogP contribution >= 0.6 is 0 Å². The van der Waals surface area contributed by atoms with Gasteiger partial charge in [-0.3, -0.25) is 0 Å². The van der Waals surface area contributed by atoms with Gasteiger partial charge >= 0.3 is 0 Å². The normalized spacial score (nSPS) is 12.0. The second-order valence-electron chi connectivity index (χ2n) is 1.81. The van der Waals surface area contributed by atoms with E-state index in [0.29, 0.717) is 0 Å². The molecule has 0 aliphatic rings. The van der Waals surface area contributed by atoms with Gasteiger partial charge in [0.25, 0.3) is 0 Å². The SMILES string of the molecule is C=C/C=C\C(BC)=C/C. The van der Waals surface area contributed by atoms with Gasteiger partial charge in [-0.15, -0.1) is 0 Å². The first kappa shape index (κ1) is 8.28. The molecule has 9 heavy (non-hydrogen) atoms. The van der Waals surface area contributed by atoms with Crippen molar-refractivity contribution in [2.75, 3.05) is 0 Å². The van der Waals surface area contributed by atoms with Gasteiger partial charge in [-0.25, -0.2) is 0 Å². The van der Waals surface area contributed by atoms with Crippen LogP contribution in [0.3, 0.4) is 0 Å². The summed E-state index contributed by atoms with van der Waals surface area (Å²) in [5, 5.41) is 0. The van der Waals surface area contributed by atoms with Crippen molar-refractivity contribution in [2.24, 2.45) is 0 Å². The van der Waals surface area contributed by atoms with Gasteiger partial charge in [-0.05, 0) is 6.92 Å². The molecule has 0 fully saturated rings. The van der Waals surface area contributed by atoms with Crippen molar-refractivity contribution in [1.82, 2.24) is 0 Å². The second kappa shape index (κ2) is 5.42. The minimum Gasteiger partial charge on any atom is -0.0991 e. The molecule has 0 aliphatic carbocycles. The lowest BCUT2D eigenvalue weighted by Gasteiger charge is -1.88. The molecule has 0 nitrogen and oxygen atoms in total. The highest BCUT2D eigenvalue weighted by atomic mass is 13.7. The zero-order chi connectivity index (χ0) is 7.11. The van der Waals surface area contributed by atoms with E-state index in [1.165, 1.54) is 5.47 Å². The third kappa shape index (κ3) is 3.83. The minimum atomic E-state index is 1.10. The Kier molecular flexibility index (Phi) is 4.99. The van der Waals surface area contributed by atoms with Crippen LogP contribution in [0.4, 0.5) is 0 Å². The molecule has 0 aromatic carbocycles. The van der Waals surface area contributed by atoms with Gasteiger partial charge in [-0.2, -0.15) is 0 Å². The molecule has 1 heteroatoms. The molecule has 0 aromatic heterocycles. The highest BCUT2D eigenvalue weighted by Crippen LogP contribution is 1.92. The molecular formula is C8H13B. The van der Waals surface area contributed by atoms with Crippen LogP contribution in [0.5, 0.6) is 0 Å². The van der Waals surface area contributed by atoms with E-state index in [2.05, 4.69) is 25.6 Å².